The maximum Gasteiger partial charge on any atom is 0.157 e. The predicted molar refractivity (Wildman–Crippen MR) is 100 cm³/mol. The zero-order valence-corrected chi connectivity index (χ0v) is 14.5. The molecule has 1 heterocycles. The van der Waals surface area contributed by atoms with E-state index in [9.17, 15) is 10.2 Å². The summed E-state index contributed by atoms with van der Waals surface area (Å²) in [6.07, 6.45) is 0.800. The van der Waals surface area contributed by atoms with Gasteiger partial charge in [-0.05, 0) is 59.5 Å². The van der Waals surface area contributed by atoms with E-state index in [1.165, 1.54) is 15.4 Å². The van der Waals surface area contributed by atoms with Crippen LogP contribution in [-0.2, 0) is 13.0 Å². The van der Waals surface area contributed by atoms with E-state index in [0.29, 0.717) is 6.54 Å². The molecule has 1 aliphatic heterocycles. The van der Waals surface area contributed by atoms with Gasteiger partial charge in [0.05, 0.1) is 0 Å². The normalized spacial score (nSPS) is 16.4. The predicted octanol–water partition coefficient (Wildman–Crippen LogP) is 4.64. The second kappa shape index (κ2) is 6.82. The van der Waals surface area contributed by atoms with Gasteiger partial charge in [0.1, 0.15) is 0 Å². The van der Waals surface area contributed by atoms with Crippen LogP contribution in [-0.4, -0.2) is 10.2 Å². The van der Waals surface area contributed by atoms with E-state index in [4.69, 9.17) is 0 Å². The fraction of sp³-hybridized carbons (Fsp3) is 0.143. The molecular weight excluding hydrogens is 330 g/mol. The summed E-state index contributed by atoms with van der Waals surface area (Å²) >= 11 is 1.75. The zero-order chi connectivity index (χ0) is 17.2. The molecule has 0 aromatic heterocycles. The number of phenolic OH excluding ortho intramolecular Hbond substituents is 2. The molecule has 1 aliphatic rings. The number of phenols is 2. The van der Waals surface area contributed by atoms with Gasteiger partial charge >= 0.3 is 0 Å². The van der Waals surface area contributed by atoms with E-state index in [1.54, 1.807) is 23.9 Å². The molecule has 0 saturated carbocycles. The number of aromatic hydroxyl groups is 2. The Hall–Kier alpha value is -2.43. The third-order valence-electron chi connectivity index (χ3n) is 4.52. The van der Waals surface area contributed by atoms with E-state index in [-0.39, 0.29) is 17.5 Å². The van der Waals surface area contributed by atoms with Crippen molar-refractivity contribution in [2.24, 2.45) is 0 Å². The largest absolute Gasteiger partial charge is 0.504 e. The van der Waals surface area contributed by atoms with Crippen molar-refractivity contribution in [3.05, 3.63) is 83.4 Å². The molecule has 4 heteroatoms. The van der Waals surface area contributed by atoms with Crippen LogP contribution in [0.3, 0.4) is 0 Å². The van der Waals surface area contributed by atoms with E-state index in [2.05, 4.69) is 41.7 Å². The Labute approximate surface area is 151 Å². The molecule has 25 heavy (non-hydrogen) atoms. The number of fused-ring (bicyclic) bond motifs is 1. The first-order chi connectivity index (χ1) is 12.2. The number of nitrogens with one attached hydrogen (secondary N) is 1. The molecule has 126 valence electrons. The van der Waals surface area contributed by atoms with Gasteiger partial charge in [0.2, 0.25) is 0 Å². The minimum absolute atomic E-state index is 0.0472. The summed E-state index contributed by atoms with van der Waals surface area (Å²) < 4.78 is 0. The lowest BCUT2D eigenvalue weighted by Gasteiger charge is -2.27. The average molecular weight is 349 g/mol. The van der Waals surface area contributed by atoms with Crippen LogP contribution in [0.2, 0.25) is 0 Å². The molecular formula is C21H19NO2S. The Morgan fingerprint density at radius 1 is 0.800 bits per heavy atom. The molecule has 0 fully saturated rings. The highest BCUT2D eigenvalue weighted by Gasteiger charge is 2.21. The molecule has 0 spiro atoms. The Morgan fingerprint density at radius 3 is 2.16 bits per heavy atom. The summed E-state index contributed by atoms with van der Waals surface area (Å²) in [5.41, 5.74) is 3.36. The molecule has 3 nitrogen and oxygen atoms in total. The summed E-state index contributed by atoms with van der Waals surface area (Å²) in [7, 11) is 0. The van der Waals surface area contributed by atoms with Crippen LogP contribution in [0.15, 0.2) is 76.5 Å². The van der Waals surface area contributed by atoms with Crippen LogP contribution in [0.5, 0.6) is 11.5 Å². The van der Waals surface area contributed by atoms with Crippen molar-refractivity contribution in [2.45, 2.75) is 28.8 Å². The summed E-state index contributed by atoms with van der Waals surface area (Å²) in [6.45, 7) is 0.689. The van der Waals surface area contributed by atoms with Gasteiger partial charge in [-0.3, -0.25) is 0 Å². The molecule has 0 saturated heterocycles. The smallest absolute Gasteiger partial charge is 0.157 e. The van der Waals surface area contributed by atoms with Crippen LogP contribution in [0.4, 0.5) is 0 Å². The van der Waals surface area contributed by atoms with E-state index in [0.717, 1.165) is 17.5 Å². The number of benzene rings is 3. The van der Waals surface area contributed by atoms with Crippen molar-refractivity contribution < 1.29 is 10.2 Å². The van der Waals surface area contributed by atoms with Gasteiger partial charge in [-0.15, -0.1) is 0 Å². The van der Waals surface area contributed by atoms with Gasteiger partial charge in [-0.2, -0.15) is 0 Å². The van der Waals surface area contributed by atoms with Gasteiger partial charge in [0, 0.05) is 22.4 Å². The summed E-state index contributed by atoms with van der Waals surface area (Å²) in [6, 6.07) is 22.5. The molecule has 4 rings (SSSR count). The fourth-order valence-corrected chi connectivity index (χ4v) is 4.01. The topological polar surface area (TPSA) is 52.5 Å². The molecule has 3 aromatic carbocycles. The number of rotatable bonds is 3. The highest BCUT2D eigenvalue weighted by Crippen LogP contribution is 2.34. The SMILES string of the molecule is Oc1cc2c(cc1O)CC(c1ccc(Sc3ccccc3)cc1)NC2. The van der Waals surface area contributed by atoms with Crippen LogP contribution in [0.1, 0.15) is 22.7 Å². The molecule has 0 radical (unpaired) electrons. The van der Waals surface area contributed by atoms with Crippen LogP contribution in [0.25, 0.3) is 0 Å². The van der Waals surface area contributed by atoms with E-state index >= 15 is 0 Å². The molecule has 0 bridgehead atoms. The van der Waals surface area contributed by atoms with Crippen LogP contribution >= 0.6 is 11.8 Å². The highest BCUT2D eigenvalue weighted by atomic mass is 32.2. The maximum absolute atomic E-state index is 9.74. The van der Waals surface area contributed by atoms with Crippen molar-refractivity contribution in [2.75, 3.05) is 0 Å². The fourth-order valence-electron chi connectivity index (χ4n) is 3.17. The van der Waals surface area contributed by atoms with E-state index in [1.807, 2.05) is 18.2 Å². The standard InChI is InChI=1S/C21H19NO2S/c23-20-11-15-10-19(22-13-16(15)12-21(20)24)14-6-8-18(9-7-14)25-17-4-2-1-3-5-17/h1-9,11-12,19,22-24H,10,13H2. The quantitative estimate of drug-likeness (QED) is 0.603. The minimum Gasteiger partial charge on any atom is -0.504 e. The third-order valence-corrected chi connectivity index (χ3v) is 5.54. The van der Waals surface area contributed by atoms with Crippen LogP contribution < -0.4 is 5.32 Å². The third kappa shape index (κ3) is 3.50. The van der Waals surface area contributed by atoms with Crippen LogP contribution in [0, 0.1) is 0 Å². The lowest BCUT2D eigenvalue weighted by Crippen LogP contribution is -2.28. The van der Waals surface area contributed by atoms with Crippen molar-refractivity contribution in [1.29, 1.82) is 0 Å². The molecule has 3 N–H and O–H groups in total. The first kappa shape index (κ1) is 16.1. The Kier molecular flexibility index (Phi) is 4.38. The van der Waals surface area contributed by atoms with E-state index < -0.39 is 0 Å². The Balaban J connectivity index is 1.50. The van der Waals surface area contributed by atoms with Crippen molar-refractivity contribution in [1.82, 2.24) is 5.32 Å². The molecule has 0 aliphatic carbocycles. The maximum atomic E-state index is 9.74. The van der Waals surface area contributed by atoms with Gasteiger partial charge in [-0.1, -0.05) is 42.1 Å². The first-order valence-electron chi connectivity index (χ1n) is 8.29. The van der Waals surface area contributed by atoms with Crippen molar-refractivity contribution >= 4 is 11.8 Å². The lowest BCUT2D eigenvalue weighted by atomic mass is 9.91. The number of hydrogen-bond acceptors (Lipinski definition) is 4. The summed E-state index contributed by atoms with van der Waals surface area (Å²) in [4.78, 5) is 2.45. The Morgan fingerprint density at radius 2 is 1.44 bits per heavy atom. The molecule has 0 amide bonds. The average Bonchev–Trinajstić information content (AvgIpc) is 2.64. The highest BCUT2D eigenvalue weighted by molar-refractivity contribution is 7.99. The van der Waals surface area contributed by atoms with Gasteiger partial charge < -0.3 is 15.5 Å². The second-order valence-corrected chi connectivity index (χ2v) is 7.38. The second-order valence-electron chi connectivity index (χ2n) is 6.23. The zero-order valence-electron chi connectivity index (χ0n) is 13.6. The minimum atomic E-state index is -0.0544. The van der Waals surface area contributed by atoms with Gasteiger partial charge in [-0.25, -0.2) is 0 Å². The molecule has 3 aromatic rings. The lowest BCUT2D eigenvalue weighted by molar-refractivity contribution is 0.399. The molecule has 1 atom stereocenters. The summed E-state index contributed by atoms with van der Waals surface area (Å²) in [5, 5.41) is 22.9. The van der Waals surface area contributed by atoms with Gasteiger partial charge in [0.25, 0.3) is 0 Å². The first-order valence-corrected chi connectivity index (χ1v) is 9.10. The summed E-state index contributed by atoms with van der Waals surface area (Å²) in [5.74, 6) is -0.102. The number of hydrogen-bond donors (Lipinski definition) is 3. The monoisotopic (exact) mass is 349 g/mol. The van der Waals surface area contributed by atoms with Gasteiger partial charge in [0.15, 0.2) is 11.5 Å². The van der Waals surface area contributed by atoms with Crippen molar-refractivity contribution in [3.8, 4) is 11.5 Å². The Bertz CT molecular complexity index is 878. The van der Waals surface area contributed by atoms with Crippen molar-refractivity contribution in [3.63, 3.8) is 0 Å². The molecule has 1 unspecified atom stereocenters.